The van der Waals surface area contributed by atoms with Crippen molar-refractivity contribution < 1.29 is 9.53 Å². The van der Waals surface area contributed by atoms with Gasteiger partial charge >= 0.3 is 0 Å². The number of amides is 1. The highest BCUT2D eigenvalue weighted by atomic mass is 16.5. The molecule has 1 aliphatic carbocycles. The standard InChI is InChI=1S/C11H18N2O2/c1-3-8-11(14)13-10(12-8)9(15-4-2)7-5-6-7/h7-9H,3-6H2,1-2H3,(H,12,13,14). The smallest absolute Gasteiger partial charge is 0.250 e. The van der Waals surface area contributed by atoms with Crippen molar-refractivity contribution in [2.75, 3.05) is 6.61 Å². The van der Waals surface area contributed by atoms with Crippen molar-refractivity contribution >= 4 is 11.7 Å². The van der Waals surface area contributed by atoms with Crippen LogP contribution in [0.15, 0.2) is 4.99 Å². The molecule has 0 aromatic rings. The van der Waals surface area contributed by atoms with Gasteiger partial charge in [-0.05, 0) is 32.1 Å². The zero-order chi connectivity index (χ0) is 10.8. The summed E-state index contributed by atoms with van der Waals surface area (Å²) in [6, 6.07) is -0.193. The maximum absolute atomic E-state index is 11.5. The van der Waals surface area contributed by atoms with Gasteiger partial charge in [0.05, 0.1) is 0 Å². The van der Waals surface area contributed by atoms with E-state index in [0.29, 0.717) is 12.5 Å². The number of hydrogen-bond acceptors (Lipinski definition) is 3. The molecule has 0 radical (unpaired) electrons. The van der Waals surface area contributed by atoms with Crippen LogP contribution in [0.5, 0.6) is 0 Å². The maximum atomic E-state index is 11.5. The predicted molar refractivity (Wildman–Crippen MR) is 57.8 cm³/mol. The van der Waals surface area contributed by atoms with Crippen LogP contribution < -0.4 is 5.32 Å². The summed E-state index contributed by atoms with van der Waals surface area (Å²) in [6.07, 6.45) is 3.17. The number of hydrogen-bond donors (Lipinski definition) is 1. The molecule has 2 atom stereocenters. The molecule has 0 aromatic heterocycles. The summed E-state index contributed by atoms with van der Waals surface area (Å²) in [6.45, 7) is 4.63. The third-order valence-electron chi connectivity index (χ3n) is 2.90. The van der Waals surface area contributed by atoms with Crippen LogP contribution in [-0.2, 0) is 9.53 Å². The summed E-state index contributed by atoms with van der Waals surface area (Å²) < 4.78 is 5.65. The lowest BCUT2D eigenvalue weighted by Gasteiger charge is -2.15. The number of rotatable bonds is 5. The van der Waals surface area contributed by atoms with Crippen molar-refractivity contribution in [2.24, 2.45) is 10.9 Å². The first-order valence-electron chi connectivity index (χ1n) is 5.76. The second-order valence-corrected chi connectivity index (χ2v) is 4.14. The molecule has 1 fully saturated rings. The summed E-state index contributed by atoms with van der Waals surface area (Å²) in [5.41, 5.74) is 0. The van der Waals surface area contributed by atoms with Crippen LogP contribution in [0.4, 0.5) is 0 Å². The Balaban J connectivity index is 2.04. The number of carbonyl (C=O) groups is 1. The molecule has 1 amide bonds. The summed E-state index contributed by atoms with van der Waals surface area (Å²) in [4.78, 5) is 15.9. The fraction of sp³-hybridized carbons (Fsp3) is 0.818. The molecule has 0 bridgehead atoms. The fourth-order valence-corrected chi connectivity index (χ4v) is 1.91. The van der Waals surface area contributed by atoms with Crippen LogP contribution in [-0.4, -0.2) is 30.5 Å². The van der Waals surface area contributed by atoms with E-state index in [1.165, 1.54) is 12.8 Å². The van der Waals surface area contributed by atoms with Gasteiger partial charge in [0.2, 0.25) is 5.91 Å². The molecule has 0 aromatic carbocycles. The van der Waals surface area contributed by atoms with E-state index in [9.17, 15) is 4.79 Å². The molecule has 2 rings (SSSR count). The van der Waals surface area contributed by atoms with E-state index in [0.717, 1.165) is 12.3 Å². The van der Waals surface area contributed by atoms with Gasteiger partial charge in [-0.2, -0.15) is 0 Å². The van der Waals surface area contributed by atoms with Crippen LogP contribution in [0.3, 0.4) is 0 Å². The number of ether oxygens (including phenoxy) is 1. The van der Waals surface area contributed by atoms with Gasteiger partial charge in [-0.15, -0.1) is 0 Å². The minimum atomic E-state index is -0.193. The largest absolute Gasteiger partial charge is 0.370 e. The maximum Gasteiger partial charge on any atom is 0.250 e. The van der Waals surface area contributed by atoms with Gasteiger partial charge in [-0.1, -0.05) is 6.92 Å². The molecule has 4 nitrogen and oxygen atoms in total. The monoisotopic (exact) mass is 210 g/mol. The Morgan fingerprint density at radius 2 is 2.27 bits per heavy atom. The molecular weight excluding hydrogens is 192 g/mol. The van der Waals surface area contributed by atoms with Crippen molar-refractivity contribution in [1.82, 2.24) is 5.32 Å². The number of aliphatic imine (C=N–C) groups is 1. The summed E-state index contributed by atoms with van der Waals surface area (Å²) in [5.74, 6) is 1.36. The average Bonchev–Trinajstić information content (AvgIpc) is 2.99. The normalized spacial score (nSPS) is 27.5. The Labute approximate surface area is 90.1 Å². The SMILES string of the molecule is CCOC(C1=NC(CC)C(=O)N1)C1CC1. The van der Waals surface area contributed by atoms with E-state index >= 15 is 0 Å². The molecule has 0 spiro atoms. The third kappa shape index (κ3) is 2.20. The minimum Gasteiger partial charge on any atom is -0.370 e. The minimum absolute atomic E-state index is 0.0236. The molecule has 0 saturated heterocycles. The topological polar surface area (TPSA) is 50.7 Å². The van der Waals surface area contributed by atoms with Gasteiger partial charge in [0.1, 0.15) is 18.0 Å². The second kappa shape index (κ2) is 4.31. The first kappa shape index (κ1) is 10.6. The molecule has 84 valence electrons. The zero-order valence-corrected chi connectivity index (χ0v) is 9.32. The number of nitrogens with zero attached hydrogens (tertiary/aromatic N) is 1. The quantitative estimate of drug-likeness (QED) is 0.739. The molecule has 15 heavy (non-hydrogen) atoms. The fourth-order valence-electron chi connectivity index (χ4n) is 1.91. The third-order valence-corrected chi connectivity index (χ3v) is 2.90. The van der Waals surface area contributed by atoms with Gasteiger partial charge in [-0.25, -0.2) is 0 Å². The highest BCUT2D eigenvalue weighted by molar-refractivity contribution is 6.07. The molecule has 1 saturated carbocycles. The lowest BCUT2D eigenvalue weighted by molar-refractivity contribution is -0.120. The Morgan fingerprint density at radius 1 is 1.53 bits per heavy atom. The Bertz CT molecular complexity index is 284. The second-order valence-electron chi connectivity index (χ2n) is 4.14. The van der Waals surface area contributed by atoms with Crippen molar-refractivity contribution in [3.8, 4) is 0 Å². The number of carbonyl (C=O) groups excluding carboxylic acids is 1. The van der Waals surface area contributed by atoms with Crippen LogP contribution in [0.1, 0.15) is 33.1 Å². The van der Waals surface area contributed by atoms with Crippen LogP contribution in [0, 0.1) is 5.92 Å². The highest BCUT2D eigenvalue weighted by Gasteiger charge is 2.39. The van der Waals surface area contributed by atoms with Crippen molar-refractivity contribution in [3.05, 3.63) is 0 Å². The van der Waals surface area contributed by atoms with Crippen LogP contribution in [0.2, 0.25) is 0 Å². The van der Waals surface area contributed by atoms with Gasteiger partial charge in [0, 0.05) is 6.61 Å². The molecule has 4 heteroatoms. The van der Waals surface area contributed by atoms with E-state index in [2.05, 4.69) is 10.3 Å². The first-order chi connectivity index (χ1) is 7.26. The first-order valence-corrected chi connectivity index (χ1v) is 5.76. The van der Waals surface area contributed by atoms with Crippen molar-refractivity contribution in [2.45, 2.75) is 45.3 Å². The highest BCUT2D eigenvalue weighted by Crippen LogP contribution is 2.35. The van der Waals surface area contributed by atoms with Gasteiger partial charge in [-0.3, -0.25) is 9.79 Å². The van der Waals surface area contributed by atoms with Gasteiger partial charge in [0.15, 0.2) is 0 Å². The molecule has 1 heterocycles. The number of amidine groups is 1. The molecule has 2 aliphatic rings. The lowest BCUT2D eigenvalue weighted by atomic mass is 10.2. The van der Waals surface area contributed by atoms with E-state index in [4.69, 9.17) is 4.74 Å². The Kier molecular flexibility index (Phi) is 3.05. The molecular formula is C11H18N2O2. The molecule has 1 aliphatic heterocycles. The van der Waals surface area contributed by atoms with Gasteiger partial charge < -0.3 is 10.1 Å². The van der Waals surface area contributed by atoms with E-state index in [1.54, 1.807) is 0 Å². The summed E-state index contributed by atoms with van der Waals surface area (Å²) >= 11 is 0. The van der Waals surface area contributed by atoms with E-state index < -0.39 is 0 Å². The van der Waals surface area contributed by atoms with Gasteiger partial charge in [0.25, 0.3) is 0 Å². The lowest BCUT2D eigenvalue weighted by Crippen LogP contribution is -2.38. The average molecular weight is 210 g/mol. The van der Waals surface area contributed by atoms with Crippen molar-refractivity contribution in [3.63, 3.8) is 0 Å². The van der Waals surface area contributed by atoms with E-state index in [1.807, 2.05) is 13.8 Å². The van der Waals surface area contributed by atoms with E-state index in [-0.39, 0.29) is 18.1 Å². The van der Waals surface area contributed by atoms with Crippen molar-refractivity contribution in [1.29, 1.82) is 0 Å². The molecule has 1 N–H and O–H groups in total. The summed E-state index contributed by atoms with van der Waals surface area (Å²) in [7, 11) is 0. The summed E-state index contributed by atoms with van der Waals surface area (Å²) in [5, 5.41) is 2.85. The Hall–Kier alpha value is -0.900. The zero-order valence-electron chi connectivity index (χ0n) is 9.32. The predicted octanol–water partition coefficient (Wildman–Crippen LogP) is 1.11. The number of nitrogens with one attached hydrogen (secondary N) is 1. The Morgan fingerprint density at radius 3 is 2.73 bits per heavy atom. The molecule has 2 unspecified atom stereocenters. The van der Waals surface area contributed by atoms with Crippen LogP contribution in [0.25, 0.3) is 0 Å². The van der Waals surface area contributed by atoms with Crippen LogP contribution >= 0.6 is 0 Å².